The summed E-state index contributed by atoms with van der Waals surface area (Å²) in [5.41, 5.74) is 2.51. The second-order valence-electron chi connectivity index (χ2n) is 7.50. The Balaban J connectivity index is 1.24. The molecule has 1 heterocycles. The van der Waals surface area contributed by atoms with Crippen molar-refractivity contribution in [2.45, 2.75) is 6.92 Å². The number of anilines is 1. The SMILES string of the molecule is Cc1cc(=O)oc2cc(OCCOc3ccc(/C=C/C(=O)Nc4ccc(Cl)cc4)cc3)ccc12. The summed E-state index contributed by atoms with van der Waals surface area (Å²) in [6.45, 7) is 2.54. The third-order valence-corrected chi connectivity index (χ3v) is 5.21. The van der Waals surface area contributed by atoms with Crippen molar-refractivity contribution in [1.82, 2.24) is 0 Å². The van der Waals surface area contributed by atoms with Crippen LogP contribution in [0, 0.1) is 6.92 Å². The Labute approximate surface area is 201 Å². The van der Waals surface area contributed by atoms with Crippen LogP contribution in [0.15, 0.2) is 88.1 Å². The summed E-state index contributed by atoms with van der Waals surface area (Å²) in [7, 11) is 0. The van der Waals surface area contributed by atoms with Crippen LogP contribution in [0.1, 0.15) is 11.1 Å². The first-order valence-corrected chi connectivity index (χ1v) is 11.0. The molecule has 0 spiro atoms. The third-order valence-electron chi connectivity index (χ3n) is 4.96. The Bertz CT molecular complexity index is 1380. The van der Waals surface area contributed by atoms with Crippen molar-refractivity contribution in [2.24, 2.45) is 0 Å². The van der Waals surface area contributed by atoms with E-state index in [1.54, 1.807) is 36.4 Å². The minimum atomic E-state index is -0.383. The lowest BCUT2D eigenvalue weighted by Crippen LogP contribution is -2.09. The van der Waals surface area contributed by atoms with E-state index in [1.807, 2.05) is 43.3 Å². The fourth-order valence-electron chi connectivity index (χ4n) is 3.28. The number of ether oxygens (including phenoxy) is 2. The van der Waals surface area contributed by atoms with Gasteiger partial charge in [-0.05, 0) is 72.7 Å². The average molecular weight is 476 g/mol. The molecule has 0 atom stereocenters. The molecular weight excluding hydrogens is 454 g/mol. The number of fused-ring (bicyclic) bond motifs is 1. The zero-order valence-corrected chi connectivity index (χ0v) is 19.2. The number of halogens is 1. The number of amides is 1. The highest BCUT2D eigenvalue weighted by Gasteiger charge is 2.04. The van der Waals surface area contributed by atoms with E-state index >= 15 is 0 Å². The molecule has 0 saturated carbocycles. The highest BCUT2D eigenvalue weighted by atomic mass is 35.5. The van der Waals surface area contributed by atoms with Crippen LogP contribution >= 0.6 is 11.6 Å². The second-order valence-corrected chi connectivity index (χ2v) is 7.94. The molecule has 172 valence electrons. The molecule has 0 saturated heterocycles. The first-order chi connectivity index (χ1) is 16.5. The maximum Gasteiger partial charge on any atom is 0.336 e. The zero-order valence-electron chi connectivity index (χ0n) is 18.4. The van der Waals surface area contributed by atoms with Gasteiger partial charge < -0.3 is 19.2 Å². The van der Waals surface area contributed by atoms with E-state index in [0.717, 1.165) is 16.5 Å². The monoisotopic (exact) mass is 475 g/mol. The summed E-state index contributed by atoms with van der Waals surface area (Å²) in [5, 5.41) is 4.26. The van der Waals surface area contributed by atoms with Crippen molar-refractivity contribution in [1.29, 1.82) is 0 Å². The molecule has 0 radical (unpaired) electrons. The van der Waals surface area contributed by atoms with Crippen LogP contribution in [0.5, 0.6) is 11.5 Å². The molecule has 0 aliphatic heterocycles. The molecule has 0 aliphatic rings. The van der Waals surface area contributed by atoms with Crippen molar-refractivity contribution in [3.63, 3.8) is 0 Å². The van der Waals surface area contributed by atoms with Gasteiger partial charge in [0, 0.05) is 34.3 Å². The van der Waals surface area contributed by atoms with Gasteiger partial charge in [-0.2, -0.15) is 0 Å². The van der Waals surface area contributed by atoms with Crippen molar-refractivity contribution in [2.75, 3.05) is 18.5 Å². The quantitative estimate of drug-likeness (QED) is 0.196. The van der Waals surface area contributed by atoms with Crippen LogP contribution in [0.4, 0.5) is 5.69 Å². The molecule has 1 amide bonds. The Morgan fingerprint density at radius 3 is 2.35 bits per heavy atom. The molecule has 0 fully saturated rings. The Morgan fingerprint density at radius 1 is 0.941 bits per heavy atom. The lowest BCUT2D eigenvalue weighted by Gasteiger charge is -2.09. The minimum absolute atomic E-state index is 0.233. The molecular formula is C27H22ClNO5. The van der Waals surface area contributed by atoms with Crippen LogP contribution in [0.2, 0.25) is 5.02 Å². The molecule has 6 nitrogen and oxygen atoms in total. The predicted molar refractivity (Wildman–Crippen MR) is 134 cm³/mol. The topological polar surface area (TPSA) is 77.8 Å². The van der Waals surface area contributed by atoms with Gasteiger partial charge >= 0.3 is 5.63 Å². The highest BCUT2D eigenvalue weighted by Crippen LogP contribution is 2.22. The number of rotatable bonds is 8. The maximum absolute atomic E-state index is 12.0. The molecule has 0 aliphatic carbocycles. The number of aryl methyl sites for hydroxylation is 1. The molecule has 4 aromatic rings. The van der Waals surface area contributed by atoms with Gasteiger partial charge in [-0.15, -0.1) is 0 Å². The molecule has 7 heteroatoms. The van der Waals surface area contributed by atoms with E-state index in [-0.39, 0.29) is 11.5 Å². The number of hydrogen-bond acceptors (Lipinski definition) is 5. The highest BCUT2D eigenvalue weighted by molar-refractivity contribution is 6.30. The molecule has 0 bridgehead atoms. The van der Waals surface area contributed by atoms with Gasteiger partial charge in [0.05, 0.1) is 0 Å². The summed E-state index contributed by atoms with van der Waals surface area (Å²) in [6, 6.07) is 21.1. The Morgan fingerprint density at radius 2 is 1.62 bits per heavy atom. The number of carbonyl (C=O) groups excluding carboxylic acids is 1. The van der Waals surface area contributed by atoms with Crippen LogP contribution in [0.3, 0.4) is 0 Å². The number of benzene rings is 3. The second kappa shape index (κ2) is 10.7. The molecule has 0 unspecified atom stereocenters. The molecule has 3 aromatic carbocycles. The van der Waals surface area contributed by atoms with E-state index < -0.39 is 0 Å². The summed E-state index contributed by atoms with van der Waals surface area (Å²) in [6.07, 6.45) is 3.18. The van der Waals surface area contributed by atoms with Gasteiger partial charge in [-0.3, -0.25) is 4.79 Å². The molecule has 34 heavy (non-hydrogen) atoms. The zero-order chi connectivity index (χ0) is 23.9. The smallest absolute Gasteiger partial charge is 0.336 e. The third kappa shape index (κ3) is 6.27. The van der Waals surface area contributed by atoms with Crippen molar-refractivity contribution in [3.05, 3.63) is 105 Å². The molecule has 4 rings (SSSR count). The fourth-order valence-corrected chi connectivity index (χ4v) is 3.40. The van der Waals surface area contributed by atoms with Gasteiger partial charge in [0.2, 0.25) is 5.91 Å². The summed E-state index contributed by atoms with van der Waals surface area (Å²) in [4.78, 5) is 23.6. The van der Waals surface area contributed by atoms with Gasteiger partial charge in [-0.25, -0.2) is 4.79 Å². The standard InChI is InChI=1S/C27H22ClNO5/c1-18-16-27(31)34-25-17-23(11-12-24(18)25)33-15-14-32-22-9-2-19(3-10-22)4-13-26(30)29-21-7-5-20(28)6-8-21/h2-13,16-17H,14-15H2,1H3,(H,29,30)/b13-4+. The Kier molecular flexibility index (Phi) is 7.30. The summed E-state index contributed by atoms with van der Waals surface area (Å²) < 4.78 is 16.7. The number of hydrogen-bond donors (Lipinski definition) is 1. The molecule has 1 aromatic heterocycles. The van der Waals surface area contributed by atoms with Crippen LogP contribution in [-0.2, 0) is 4.79 Å². The first-order valence-electron chi connectivity index (χ1n) is 10.6. The van der Waals surface area contributed by atoms with Gasteiger partial charge in [0.25, 0.3) is 0 Å². The maximum atomic E-state index is 12.0. The van der Waals surface area contributed by atoms with E-state index in [1.165, 1.54) is 12.1 Å². The number of carbonyl (C=O) groups is 1. The van der Waals surface area contributed by atoms with E-state index in [0.29, 0.717) is 41.0 Å². The van der Waals surface area contributed by atoms with Crippen molar-refractivity contribution < 1.29 is 18.7 Å². The lowest BCUT2D eigenvalue weighted by molar-refractivity contribution is -0.111. The van der Waals surface area contributed by atoms with Gasteiger partial charge in [-0.1, -0.05) is 23.7 Å². The van der Waals surface area contributed by atoms with Gasteiger partial charge in [0.1, 0.15) is 30.3 Å². The van der Waals surface area contributed by atoms with Crippen LogP contribution in [-0.4, -0.2) is 19.1 Å². The normalized spacial score (nSPS) is 11.0. The van der Waals surface area contributed by atoms with Crippen LogP contribution < -0.4 is 20.4 Å². The largest absolute Gasteiger partial charge is 0.490 e. The van der Waals surface area contributed by atoms with Gasteiger partial charge in [0.15, 0.2) is 0 Å². The van der Waals surface area contributed by atoms with Crippen molar-refractivity contribution in [3.8, 4) is 11.5 Å². The average Bonchev–Trinajstić information content (AvgIpc) is 2.82. The lowest BCUT2D eigenvalue weighted by atomic mass is 10.1. The summed E-state index contributed by atoms with van der Waals surface area (Å²) >= 11 is 5.84. The van der Waals surface area contributed by atoms with Crippen LogP contribution in [0.25, 0.3) is 17.0 Å². The minimum Gasteiger partial charge on any atom is -0.490 e. The number of nitrogens with one attached hydrogen (secondary N) is 1. The van der Waals surface area contributed by atoms with E-state index in [2.05, 4.69) is 5.32 Å². The fraction of sp³-hybridized carbons (Fsp3) is 0.111. The first kappa shape index (κ1) is 23.1. The van der Waals surface area contributed by atoms with E-state index in [4.69, 9.17) is 25.5 Å². The van der Waals surface area contributed by atoms with E-state index in [9.17, 15) is 9.59 Å². The molecule has 1 N–H and O–H groups in total. The van der Waals surface area contributed by atoms with Crippen molar-refractivity contribution >= 4 is 40.2 Å². The Hall–Kier alpha value is -4.03. The summed E-state index contributed by atoms with van der Waals surface area (Å²) in [5.74, 6) is 1.05. The predicted octanol–water partition coefficient (Wildman–Crippen LogP) is 5.86.